The molecule has 0 saturated carbocycles. The van der Waals surface area contributed by atoms with Crippen LogP contribution in [0.15, 0.2) is 39.6 Å². The molecule has 0 bridgehead atoms. The van der Waals surface area contributed by atoms with Gasteiger partial charge >= 0.3 is 0 Å². The summed E-state index contributed by atoms with van der Waals surface area (Å²) in [5.74, 6) is -0.410. The third-order valence-corrected chi connectivity index (χ3v) is 4.73. The molecule has 0 fully saturated rings. The molecule has 2 aromatic rings. The molecule has 5 heteroatoms. The number of hydrogen-bond acceptors (Lipinski definition) is 5. The smallest absolute Gasteiger partial charge is 0.268 e. The average Bonchev–Trinajstić information content (AvgIpc) is 2.91. The first-order chi connectivity index (χ1) is 9.49. The quantitative estimate of drug-likeness (QED) is 0.858. The van der Waals surface area contributed by atoms with Crippen LogP contribution in [0.3, 0.4) is 0 Å². The molecule has 0 radical (unpaired) electrons. The Morgan fingerprint density at radius 1 is 1.20 bits per heavy atom. The molecular formula is C15H13NO3S. The van der Waals surface area contributed by atoms with Gasteiger partial charge in [-0.25, -0.2) is 0 Å². The van der Waals surface area contributed by atoms with E-state index in [1.807, 2.05) is 20.0 Å². The number of likely N-dealkylation sites (N-methyl/N-ethyl adjacent to an activating group) is 1. The van der Waals surface area contributed by atoms with Gasteiger partial charge in [0.1, 0.15) is 0 Å². The van der Waals surface area contributed by atoms with E-state index in [1.165, 1.54) is 17.0 Å². The molecule has 0 aliphatic carbocycles. The van der Waals surface area contributed by atoms with Gasteiger partial charge in [-0.3, -0.25) is 9.59 Å². The van der Waals surface area contributed by atoms with Gasteiger partial charge in [0.15, 0.2) is 5.75 Å². The van der Waals surface area contributed by atoms with Crippen molar-refractivity contribution in [2.75, 3.05) is 13.6 Å². The summed E-state index contributed by atoms with van der Waals surface area (Å²) in [5.41, 5.74) is 1.05. The van der Waals surface area contributed by atoms with Crippen LogP contribution in [0.2, 0.25) is 0 Å². The van der Waals surface area contributed by atoms with E-state index in [2.05, 4.69) is 17.1 Å². The maximum atomic E-state index is 11.5. The highest BCUT2D eigenvalue weighted by Crippen LogP contribution is 2.35. The second kappa shape index (κ2) is 4.45. The molecule has 102 valence electrons. The van der Waals surface area contributed by atoms with E-state index >= 15 is 0 Å². The van der Waals surface area contributed by atoms with Crippen molar-refractivity contribution in [3.8, 4) is 16.2 Å². The normalized spacial score (nSPS) is 15.4. The number of thiophene rings is 1. The van der Waals surface area contributed by atoms with E-state index < -0.39 is 16.6 Å². The lowest BCUT2D eigenvalue weighted by molar-refractivity contribution is 0.462. The van der Waals surface area contributed by atoms with Crippen molar-refractivity contribution in [1.29, 1.82) is 0 Å². The van der Waals surface area contributed by atoms with Gasteiger partial charge in [0.05, 0.1) is 5.56 Å². The lowest BCUT2D eigenvalue weighted by atomic mass is 10.1. The first-order valence-electron chi connectivity index (χ1n) is 6.21. The Morgan fingerprint density at radius 3 is 2.55 bits per heavy atom. The molecular weight excluding hydrogens is 274 g/mol. The molecule has 1 aromatic heterocycles. The number of aromatic hydroxyl groups is 1. The minimum absolute atomic E-state index is 0.153. The number of rotatable bonds is 2. The molecule has 0 amide bonds. The summed E-state index contributed by atoms with van der Waals surface area (Å²) in [6, 6.07) is 3.69. The summed E-state index contributed by atoms with van der Waals surface area (Å²) < 4.78 is 0. The standard InChI is InChI=1S/C15H13NO3S/c1-8-7-9(5-6-16(8)2)10-3-4-11(20-10)12-13(17)15(19)14(12)18/h3-5,7,17H,6H2,1-2H3. The largest absolute Gasteiger partial charge is 0.503 e. The average molecular weight is 287 g/mol. The van der Waals surface area contributed by atoms with E-state index in [4.69, 9.17) is 0 Å². The molecule has 0 unspecified atom stereocenters. The van der Waals surface area contributed by atoms with Gasteiger partial charge < -0.3 is 10.0 Å². The SMILES string of the molecule is CC1=CC(c2ccc(-c3c(O)c(=O)c3=O)s2)=CCN1C. The Hall–Kier alpha value is -2.14. The minimum atomic E-state index is -0.788. The summed E-state index contributed by atoms with van der Waals surface area (Å²) in [6.45, 7) is 2.89. The second-order valence-corrected chi connectivity index (χ2v) is 5.96. The van der Waals surface area contributed by atoms with E-state index in [0.29, 0.717) is 4.88 Å². The molecule has 2 heterocycles. The number of hydrogen-bond donors (Lipinski definition) is 1. The lowest BCUT2D eigenvalue weighted by Crippen LogP contribution is -2.31. The van der Waals surface area contributed by atoms with Gasteiger partial charge in [0, 0.05) is 29.0 Å². The van der Waals surface area contributed by atoms with Crippen LogP contribution in [0.25, 0.3) is 16.0 Å². The molecule has 1 N–H and O–H groups in total. The highest BCUT2D eigenvalue weighted by Gasteiger charge is 2.23. The van der Waals surface area contributed by atoms with Crippen LogP contribution in [0.1, 0.15) is 11.8 Å². The lowest BCUT2D eigenvalue weighted by Gasteiger charge is -2.22. The highest BCUT2D eigenvalue weighted by atomic mass is 32.1. The van der Waals surface area contributed by atoms with Gasteiger partial charge in [-0.05, 0) is 30.7 Å². The summed E-state index contributed by atoms with van der Waals surface area (Å²) in [6.07, 6.45) is 4.20. The molecule has 0 saturated heterocycles. The first kappa shape index (κ1) is 12.9. The van der Waals surface area contributed by atoms with Crippen LogP contribution in [-0.2, 0) is 0 Å². The molecule has 1 aromatic carbocycles. The van der Waals surface area contributed by atoms with Crippen LogP contribution in [-0.4, -0.2) is 23.6 Å². The molecule has 3 rings (SSSR count). The zero-order chi connectivity index (χ0) is 14.4. The molecule has 4 nitrogen and oxygen atoms in total. The number of allylic oxidation sites excluding steroid dienone is 3. The van der Waals surface area contributed by atoms with Crippen LogP contribution >= 0.6 is 11.3 Å². The first-order valence-corrected chi connectivity index (χ1v) is 7.03. The van der Waals surface area contributed by atoms with Crippen molar-refractivity contribution in [2.45, 2.75) is 6.92 Å². The monoisotopic (exact) mass is 287 g/mol. The summed E-state index contributed by atoms with van der Waals surface area (Å²) in [5, 5.41) is 9.48. The minimum Gasteiger partial charge on any atom is -0.503 e. The van der Waals surface area contributed by atoms with Crippen molar-refractivity contribution in [1.82, 2.24) is 4.90 Å². The number of nitrogens with zero attached hydrogens (tertiary/aromatic N) is 1. The second-order valence-electron chi connectivity index (χ2n) is 4.87. The van der Waals surface area contributed by atoms with Crippen LogP contribution in [0.4, 0.5) is 0 Å². The molecule has 20 heavy (non-hydrogen) atoms. The topological polar surface area (TPSA) is 57.6 Å². The van der Waals surface area contributed by atoms with E-state index in [9.17, 15) is 14.7 Å². The zero-order valence-corrected chi connectivity index (χ0v) is 12.0. The Labute approximate surface area is 119 Å². The van der Waals surface area contributed by atoms with Gasteiger partial charge in [0.25, 0.3) is 5.43 Å². The van der Waals surface area contributed by atoms with E-state index in [-0.39, 0.29) is 5.56 Å². The maximum absolute atomic E-state index is 11.5. The Balaban J connectivity index is 1.97. The fraction of sp³-hybridized carbons (Fsp3) is 0.200. The molecule has 0 spiro atoms. The summed E-state index contributed by atoms with van der Waals surface area (Å²) in [7, 11) is 2.03. The van der Waals surface area contributed by atoms with Crippen molar-refractivity contribution >= 4 is 16.9 Å². The Morgan fingerprint density at radius 2 is 1.90 bits per heavy atom. The van der Waals surface area contributed by atoms with Gasteiger partial charge in [0.2, 0.25) is 5.43 Å². The fourth-order valence-electron chi connectivity index (χ4n) is 2.18. The fourth-order valence-corrected chi connectivity index (χ4v) is 3.24. The van der Waals surface area contributed by atoms with E-state index in [1.54, 1.807) is 6.07 Å². The molecule has 0 atom stereocenters. The van der Waals surface area contributed by atoms with Gasteiger partial charge in [-0.15, -0.1) is 11.3 Å². The van der Waals surface area contributed by atoms with Crippen molar-refractivity contribution in [2.24, 2.45) is 0 Å². The van der Waals surface area contributed by atoms with Crippen LogP contribution in [0.5, 0.6) is 5.75 Å². The molecule has 1 aliphatic rings. The third kappa shape index (κ3) is 1.82. The van der Waals surface area contributed by atoms with Crippen molar-refractivity contribution in [3.63, 3.8) is 0 Å². The Bertz CT molecular complexity index is 819. The van der Waals surface area contributed by atoms with Crippen molar-refractivity contribution < 1.29 is 5.11 Å². The van der Waals surface area contributed by atoms with Crippen LogP contribution in [0, 0.1) is 0 Å². The van der Waals surface area contributed by atoms with Crippen LogP contribution < -0.4 is 10.9 Å². The predicted molar refractivity (Wildman–Crippen MR) is 80.7 cm³/mol. The summed E-state index contributed by atoms with van der Waals surface area (Å²) in [4.78, 5) is 26.3. The van der Waals surface area contributed by atoms with E-state index in [0.717, 1.165) is 17.0 Å². The predicted octanol–water partition coefficient (Wildman–Crippen LogP) is 1.95. The summed E-state index contributed by atoms with van der Waals surface area (Å²) >= 11 is 1.41. The third-order valence-electron chi connectivity index (χ3n) is 3.57. The molecule has 1 aliphatic heterocycles. The van der Waals surface area contributed by atoms with Gasteiger partial charge in [-0.2, -0.15) is 0 Å². The van der Waals surface area contributed by atoms with Crippen molar-refractivity contribution in [3.05, 3.63) is 55.3 Å². The van der Waals surface area contributed by atoms with Gasteiger partial charge in [-0.1, -0.05) is 6.08 Å². The maximum Gasteiger partial charge on any atom is 0.268 e. The zero-order valence-electron chi connectivity index (χ0n) is 11.1. The Kier molecular flexibility index (Phi) is 2.87. The highest BCUT2D eigenvalue weighted by molar-refractivity contribution is 7.16.